The van der Waals surface area contributed by atoms with Crippen molar-refractivity contribution >= 4 is 17.2 Å². The molecule has 0 spiro atoms. The van der Waals surface area contributed by atoms with E-state index in [0.717, 1.165) is 45.2 Å². The number of benzene rings is 2. The molecule has 37 heavy (non-hydrogen) atoms. The van der Waals surface area contributed by atoms with Gasteiger partial charge in [-0.15, -0.1) is 0 Å². The van der Waals surface area contributed by atoms with Crippen LogP contribution in [-0.4, -0.2) is 42.2 Å². The van der Waals surface area contributed by atoms with Crippen molar-refractivity contribution in [1.82, 2.24) is 0 Å². The Morgan fingerprint density at radius 3 is 2.22 bits per heavy atom. The lowest BCUT2D eigenvalue weighted by molar-refractivity contribution is -0.115. The summed E-state index contributed by atoms with van der Waals surface area (Å²) in [4.78, 5) is 6.69. The third kappa shape index (κ3) is 5.07. The zero-order valence-electron chi connectivity index (χ0n) is 22.2. The SMILES string of the molecule is CN(C)c1ccc(C2=NC=C(C3C(O)C(/C=C4\C=C(c5ccccc5)OC(C(C)(C)C)=C4)C3O)C2)cc1. The van der Waals surface area contributed by atoms with Gasteiger partial charge in [0.05, 0.1) is 17.9 Å². The molecule has 2 unspecified atom stereocenters. The highest BCUT2D eigenvalue weighted by molar-refractivity contribution is 6.04. The van der Waals surface area contributed by atoms with Crippen LogP contribution in [0, 0.1) is 17.3 Å². The summed E-state index contributed by atoms with van der Waals surface area (Å²) in [5, 5.41) is 22.2. The van der Waals surface area contributed by atoms with Crippen LogP contribution in [0.5, 0.6) is 0 Å². The van der Waals surface area contributed by atoms with Gasteiger partial charge in [0.2, 0.25) is 0 Å². The number of anilines is 1. The van der Waals surface area contributed by atoms with Gasteiger partial charge in [0.15, 0.2) is 0 Å². The molecule has 5 rings (SSSR count). The van der Waals surface area contributed by atoms with Crippen LogP contribution in [-0.2, 0) is 4.74 Å². The topological polar surface area (TPSA) is 65.3 Å². The van der Waals surface area contributed by atoms with Gasteiger partial charge in [0.1, 0.15) is 11.5 Å². The van der Waals surface area contributed by atoms with Crippen LogP contribution in [0.3, 0.4) is 0 Å². The Bertz CT molecular complexity index is 1300. The maximum atomic E-state index is 11.1. The summed E-state index contributed by atoms with van der Waals surface area (Å²) < 4.78 is 6.26. The van der Waals surface area contributed by atoms with E-state index in [9.17, 15) is 10.2 Å². The zero-order chi connectivity index (χ0) is 26.3. The molecule has 5 heteroatoms. The van der Waals surface area contributed by atoms with Crippen molar-refractivity contribution in [1.29, 1.82) is 0 Å². The number of hydrogen-bond donors (Lipinski definition) is 2. The molecule has 3 aliphatic rings. The average molecular weight is 497 g/mol. The van der Waals surface area contributed by atoms with Gasteiger partial charge in [-0.05, 0) is 41.0 Å². The molecule has 2 aromatic rings. The second-order valence-electron chi connectivity index (χ2n) is 11.4. The third-order valence-electron chi connectivity index (χ3n) is 7.43. The molecular weight excluding hydrogens is 460 g/mol. The number of rotatable bonds is 5. The summed E-state index contributed by atoms with van der Waals surface area (Å²) in [7, 11) is 4.04. The Morgan fingerprint density at radius 2 is 1.59 bits per heavy atom. The van der Waals surface area contributed by atoms with E-state index in [0.29, 0.717) is 6.42 Å². The highest BCUT2D eigenvalue weighted by Gasteiger charge is 2.50. The molecule has 0 bridgehead atoms. The largest absolute Gasteiger partial charge is 0.461 e. The fourth-order valence-corrected chi connectivity index (χ4v) is 5.11. The van der Waals surface area contributed by atoms with Gasteiger partial charge in [-0.2, -0.15) is 0 Å². The molecule has 2 atom stereocenters. The second kappa shape index (κ2) is 9.81. The molecule has 2 heterocycles. The number of nitrogens with zero attached hydrogens (tertiary/aromatic N) is 2. The van der Waals surface area contributed by atoms with Crippen LogP contribution in [0.2, 0.25) is 0 Å². The van der Waals surface area contributed by atoms with Crippen molar-refractivity contribution < 1.29 is 14.9 Å². The lowest BCUT2D eigenvalue weighted by Gasteiger charge is -2.46. The summed E-state index contributed by atoms with van der Waals surface area (Å²) >= 11 is 0. The lowest BCUT2D eigenvalue weighted by atomic mass is 9.64. The van der Waals surface area contributed by atoms with Crippen LogP contribution in [0.25, 0.3) is 5.76 Å². The van der Waals surface area contributed by atoms with E-state index in [4.69, 9.17) is 4.74 Å². The first-order valence-corrected chi connectivity index (χ1v) is 12.9. The Labute approximate surface area is 219 Å². The van der Waals surface area contributed by atoms with E-state index in [1.54, 1.807) is 0 Å². The van der Waals surface area contributed by atoms with E-state index in [1.807, 2.05) is 68.9 Å². The molecule has 2 aromatic carbocycles. The first kappa shape index (κ1) is 25.2. The Balaban J connectivity index is 1.32. The summed E-state index contributed by atoms with van der Waals surface area (Å²) in [6.07, 6.45) is 7.14. The van der Waals surface area contributed by atoms with Crippen molar-refractivity contribution in [3.8, 4) is 0 Å². The minimum atomic E-state index is -0.665. The normalized spacial score (nSPS) is 26.5. The van der Waals surface area contributed by atoms with Crippen molar-refractivity contribution in [2.75, 3.05) is 19.0 Å². The summed E-state index contributed by atoms with van der Waals surface area (Å²) in [5.74, 6) is 0.966. The molecule has 5 nitrogen and oxygen atoms in total. The van der Waals surface area contributed by atoms with Crippen molar-refractivity contribution in [3.05, 3.63) is 107 Å². The first-order chi connectivity index (χ1) is 17.6. The number of ether oxygens (including phenoxy) is 1. The minimum absolute atomic E-state index is 0.181. The molecule has 1 aliphatic carbocycles. The van der Waals surface area contributed by atoms with Gasteiger partial charge in [-0.3, -0.25) is 4.99 Å². The number of aliphatic hydroxyl groups is 2. The predicted molar refractivity (Wildman–Crippen MR) is 150 cm³/mol. The van der Waals surface area contributed by atoms with Crippen LogP contribution in [0.15, 0.2) is 101 Å². The fourth-order valence-electron chi connectivity index (χ4n) is 5.11. The van der Waals surface area contributed by atoms with Crippen LogP contribution >= 0.6 is 0 Å². The number of allylic oxidation sites excluding steroid dienone is 4. The van der Waals surface area contributed by atoms with E-state index in [2.05, 4.69) is 54.9 Å². The number of aliphatic imine (C=N–C) groups is 1. The van der Waals surface area contributed by atoms with Crippen molar-refractivity contribution in [2.45, 2.75) is 39.4 Å². The number of hydrogen-bond acceptors (Lipinski definition) is 5. The molecule has 2 N–H and O–H groups in total. The number of aliphatic hydroxyl groups excluding tert-OH is 2. The van der Waals surface area contributed by atoms with Gasteiger partial charge in [0.25, 0.3) is 0 Å². The maximum absolute atomic E-state index is 11.1. The molecule has 1 saturated carbocycles. The monoisotopic (exact) mass is 496 g/mol. The first-order valence-electron chi connectivity index (χ1n) is 12.9. The van der Waals surface area contributed by atoms with Crippen LogP contribution in [0.4, 0.5) is 5.69 Å². The maximum Gasteiger partial charge on any atom is 0.134 e. The fraction of sp³-hybridized carbons (Fsp3) is 0.344. The van der Waals surface area contributed by atoms with Gasteiger partial charge < -0.3 is 19.8 Å². The quantitative estimate of drug-likeness (QED) is 0.555. The summed E-state index contributed by atoms with van der Waals surface area (Å²) in [6.45, 7) is 6.35. The molecule has 2 aliphatic heterocycles. The molecule has 1 fully saturated rings. The lowest BCUT2D eigenvalue weighted by Crippen LogP contribution is -2.55. The zero-order valence-corrected chi connectivity index (χ0v) is 22.2. The standard InChI is InChI=1S/C32H36N2O3/c1-32(2,3)28-17-20(16-27(37-28)22-9-7-6-8-10-22)15-25-30(35)29(31(25)36)23-18-26(33-19-23)21-11-13-24(14-12-21)34(4)5/h6-17,19,25,29-31,35-36H,18H2,1-5H3/b20-15+. The average Bonchev–Trinajstić information content (AvgIpc) is 3.36. The highest BCUT2D eigenvalue weighted by Crippen LogP contribution is 2.45. The molecule has 0 amide bonds. The van der Waals surface area contributed by atoms with Crippen molar-refractivity contribution in [3.63, 3.8) is 0 Å². The molecule has 192 valence electrons. The second-order valence-corrected chi connectivity index (χ2v) is 11.4. The van der Waals surface area contributed by atoms with E-state index >= 15 is 0 Å². The summed E-state index contributed by atoms with van der Waals surface area (Å²) in [6, 6.07) is 18.3. The van der Waals surface area contributed by atoms with Crippen LogP contribution < -0.4 is 4.90 Å². The van der Waals surface area contributed by atoms with E-state index in [-0.39, 0.29) is 17.3 Å². The summed E-state index contributed by atoms with van der Waals surface area (Å²) in [5.41, 5.74) is 5.92. The molecular formula is C32H36N2O3. The van der Waals surface area contributed by atoms with E-state index < -0.39 is 12.2 Å². The van der Waals surface area contributed by atoms with Gasteiger partial charge in [-0.1, -0.05) is 69.3 Å². The Morgan fingerprint density at radius 1 is 0.919 bits per heavy atom. The van der Waals surface area contributed by atoms with E-state index in [1.165, 1.54) is 0 Å². The van der Waals surface area contributed by atoms with Gasteiger partial charge in [-0.25, -0.2) is 0 Å². The van der Waals surface area contributed by atoms with Crippen molar-refractivity contribution in [2.24, 2.45) is 22.2 Å². The Hall–Kier alpha value is -3.41. The minimum Gasteiger partial charge on any atom is -0.461 e. The van der Waals surface area contributed by atoms with Crippen LogP contribution in [0.1, 0.15) is 38.3 Å². The van der Waals surface area contributed by atoms with Gasteiger partial charge in [0, 0.05) is 55.2 Å². The Kier molecular flexibility index (Phi) is 6.69. The molecule has 0 aromatic heterocycles. The smallest absolute Gasteiger partial charge is 0.134 e. The van der Waals surface area contributed by atoms with Gasteiger partial charge >= 0.3 is 0 Å². The molecule has 0 radical (unpaired) electrons. The molecule has 0 saturated heterocycles. The predicted octanol–water partition coefficient (Wildman–Crippen LogP) is 5.72. The highest BCUT2D eigenvalue weighted by atomic mass is 16.5. The third-order valence-corrected chi connectivity index (χ3v) is 7.43.